The van der Waals surface area contributed by atoms with E-state index in [1.54, 1.807) is 12.1 Å². The first-order valence-corrected chi connectivity index (χ1v) is 10.0. The van der Waals surface area contributed by atoms with E-state index in [-0.39, 0.29) is 10.6 Å². The number of halogens is 2. The molecule has 0 radical (unpaired) electrons. The molecule has 1 N–H and O–H groups in total. The van der Waals surface area contributed by atoms with Gasteiger partial charge in [-0.3, -0.25) is 0 Å². The van der Waals surface area contributed by atoms with Gasteiger partial charge in [-0.1, -0.05) is 6.07 Å². The van der Waals surface area contributed by atoms with Crippen LogP contribution in [0.3, 0.4) is 0 Å². The minimum absolute atomic E-state index is 0.00982. The van der Waals surface area contributed by atoms with Gasteiger partial charge in [0.25, 0.3) is 0 Å². The average Bonchev–Trinajstić information content (AvgIpc) is 2.51. The largest absolute Gasteiger partial charge is 0.506 e. The Kier molecular flexibility index (Phi) is 4.36. The summed E-state index contributed by atoms with van der Waals surface area (Å²) in [7, 11) is -3.61. The third-order valence-electron chi connectivity index (χ3n) is 3.93. The van der Waals surface area contributed by atoms with Crippen molar-refractivity contribution in [2.45, 2.75) is 35.5 Å². The molecule has 0 bridgehead atoms. The van der Waals surface area contributed by atoms with Gasteiger partial charge in [0.15, 0.2) is 0 Å². The third-order valence-corrected chi connectivity index (χ3v) is 6.87. The smallest absolute Gasteiger partial charge is 0.206 e. The van der Waals surface area contributed by atoms with Crippen molar-refractivity contribution in [1.82, 2.24) is 0 Å². The van der Waals surface area contributed by atoms with Gasteiger partial charge < -0.3 is 5.11 Å². The molecular weight excluding hydrogens is 432 g/mol. The van der Waals surface area contributed by atoms with Gasteiger partial charge in [0.2, 0.25) is 9.84 Å². The maximum absolute atomic E-state index is 12.8. The molecule has 2 aromatic rings. The maximum Gasteiger partial charge on any atom is 0.206 e. The molecule has 3 nitrogen and oxygen atoms in total. The number of fused-ring (bicyclic) bond motifs is 1. The first-order chi connectivity index (χ1) is 10.4. The normalized spacial score (nSPS) is 14.6. The summed E-state index contributed by atoms with van der Waals surface area (Å²) in [6.45, 7) is 0. The molecule has 1 aliphatic carbocycles. The predicted molar refractivity (Wildman–Crippen MR) is 92.0 cm³/mol. The number of sulfone groups is 1. The van der Waals surface area contributed by atoms with E-state index in [4.69, 9.17) is 0 Å². The Morgan fingerprint density at radius 1 is 0.864 bits per heavy atom. The lowest BCUT2D eigenvalue weighted by Crippen LogP contribution is -2.07. The summed E-state index contributed by atoms with van der Waals surface area (Å²) in [6.07, 6.45) is 4.22. The van der Waals surface area contributed by atoms with Crippen molar-refractivity contribution < 1.29 is 13.5 Å². The van der Waals surface area contributed by atoms with Crippen LogP contribution >= 0.6 is 31.9 Å². The monoisotopic (exact) mass is 444 g/mol. The number of aryl methyl sites for hydroxylation is 2. The highest BCUT2D eigenvalue weighted by Gasteiger charge is 2.22. The van der Waals surface area contributed by atoms with Crippen molar-refractivity contribution in [3.63, 3.8) is 0 Å². The second kappa shape index (κ2) is 5.98. The van der Waals surface area contributed by atoms with Gasteiger partial charge in [0, 0.05) is 0 Å². The fourth-order valence-electron chi connectivity index (χ4n) is 2.71. The van der Waals surface area contributed by atoms with Crippen LogP contribution in [-0.4, -0.2) is 13.5 Å². The number of phenolic OH excluding ortho intramolecular Hbond substituents is 1. The lowest BCUT2D eigenvalue weighted by Gasteiger charge is -2.17. The predicted octanol–water partition coefficient (Wildman–Crippen LogP) is 4.63. The van der Waals surface area contributed by atoms with Gasteiger partial charge in [0.1, 0.15) is 5.75 Å². The highest BCUT2D eigenvalue weighted by atomic mass is 79.9. The molecule has 3 rings (SSSR count). The van der Waals surface area contributed by atoms with E-state index < -0.39 is 9.84 Å². The summed E-state index contributed by atoms with van der Waals surface area (Å²) in [6, 6.07) is 8.24. The molecule has 0 aliphatic heterocycles. The summed E-state index contributed by atoms with van der Waals surface area (Å²) in [4.78, 5) is 0.456. The van der Waals surface area contributed by atoms with Crippen LogP contribution < -0.4 is 0 Å². The van der Waals surface area contributed by atoms with Crippen LogP contribution in [0.4, 0.5) is 0 Å². The third kappa shape index (κ3) is 2.84. The van der Waals surface area contributed by atoms with Gasteiger partial charge in [-0.15, -0.1) is 0 Å². The van der Waals surface area contributed by atoms with Crippen LogP contribution in [0.25, 0.3) is 0 Å². The van der Waals surface area contributed by atoms with E-state index in [0.717, 1.165) is 31.2 Å². The molecule has 0 fully saturated rings. The van der Waals surface area contributed by atoms with Crippen molar-refractivity contribution in [3.8, 4) is 5.75 Å². The molecule has 0 unspecified atom stereocenters. The fourth-order valence-corrected chi connectivity index (χ4v) is 5.56. The van der Waals surface area contributed by atoms with Crippen molar-refractivity contribution in [3.05, 3.63) is 50.4 Å². The minimum atomic E-state index is -3.61. The molecule has 116 valence electrons. The molecule has 6 heteroatoms. The van der Waals surface area contributed by atoms with E-state index in [1.807, 2.05) is 6.07 Å². The van der Waals surface area contributed by atoms with Gasteiger partial charge in [-0.2, -0.15) is 0 Å². The van der Waals surface area contributed by atoms with E-state index in [0.29, 0.717) is 13.8 Å². The number of hydrogen-bond donors (Lipinski definition) is 1. The summed E-state index contributed by atoms with van der Waals surface area (Å²) in [5.74, 6) is -0.00982. The average molecular weight is 446 g/mol. The van der Waals surface area contributed by atoms with Crippen LogP contribution in [0.1, 0.15) is 24.0 Å². The lowest BCUT2D eigenvalue weighted by atomic mass is 9.92. The first-order valence-electron chi connectivity index (χ1n) is 6.94. The van der Waals surface area contributed by atoms with Gasteiger partial charge in [-0.25, -0.2) is 8.42 Å². The zero-order valence-electron chi connectivity index (χ0n) is 11.6. The lowest BCUT2D eigenvalue weighted by molar-refractivity contribution is 0.467. The quantitative estimate of drug-likeness (QED) is 0.733. The van der Waals surface area contributed by atoms with E-state index in [1.165, 1.54) is 17.7 Å². The van der Waals surface area contributed by atoms with Crippen LogP contribution in [-0.2, 0) is 22.7 Å². The molecule has 22 heavy (non-hydrogen) atoms. The second-order valence-electron chi connectivity index (χ2n) is 5.38. The highest BCUT2D eigenvalue weighted by molar-refractivity contribution is 9.11. The molecule has 0 aromatic heterocycles. The molecule has 0 heterocycles. The molecule has 0 atom stereocenters. The molecular formula is C16H14Br2O3S. The zero-order valence-corrected chi connectivity index (χ0v) is 15.6. The Balaban J connectivity index is 2.10. The molecule has 0 amide bonds. The number of rotatable bonds is 2. The maximum atomic E-state index is 12.8. The van der Waals surface area contributed by atoms with Crippen LogP contribution in [0.5, 0.6) is 5.75 Å². The van der Waals surface area contributed by atoms with Crippen LogP contribution in [0.2, 0.25) is 0 Å². The fraction of sp³-hybridized carbons (Fsp3) is 0.250. The number of phenols is 1. The topological polar surface area (TPSA) is 54.4 Å². The summed E-state index contributed by atoms with van der Waals surface area (Å²) in [5, 5.41) is 9.74. The summed E-state index contributed by atoms with van der Waals surface area (Å²) in [5.41, 5.74) is 2.38. The first kappa shape index (κ1) is 16.0. The van der Waals surface area contributed by atoms with Crippen molar-refractivity contribution in [2.24, 2.45) is 0 Å². The van der Waals surface area contributed by atoms with Crippen molar-refractivity contribution in [1.29, 1.82) is 0 Å². The zero-order chi connectivity index (χ0) is 15.9. The van der Waals surface area contributed by atoms with Gasteiger partial charge in [0.05, 0.1) is 18.7 Å². The van der Waals surface area contributed by atoms with Crippen molar-refractivity contribution in [2.75, 3.05) is 0 Å². The Morgan fingerprint density at radius 3 is 2.09 bits per heavy atom. The second-order valence-corrected chi connectivity index (χ2v) is 9.03. The van der Waals surface area contributed by atoms with Crippen LogP contribution in [0, 0.1) is 0 Å². The number of aromatic hydroxyl groups is 1. The summed E-state index contributed by atoms with van der Waals surface area (Å²) >= 11 is 6.36. The molecule has 0 saturated heterocycles. The number of hydrogen-bond acceptors (Lipinski definition) is 3. The Hall–Kier alpha value is -0.850. The Bertz CT molecular complexity index is 821. The van der Waals surface area contributed by atoms with Crippen molar-refractivity contribution >= 4 is 41.7 Å². The van der Waals surface area contributed by atoms with E-state index >= 15 is 0 Å². The van der Waals surface area contributed by atoms with Gasteiger partial charge in [-0.05, 0) is 92.9 Å². The molecule has 0 spiro atoms. The molecule has 0 saturated carbocycles. The standard InChI is InChI=1S/C16H14Br2O3S/c17-14-8-13(9-15(18)16(14)19)22(20,21)12-6-5-10-3-1-2-4-11(10)7-12/h5-9,19H,1-4H2. The molecule has 2 aromatic carbocycles. The number of benzene rings is 2. The Morgan fingerprint density at radius 2 is 1.45 bits per heavy atom. The highest BCUT2D eigenvalue weighted by Crippen LogP contribution is 2.37. The van der Waals surface area contributed by atoms with E-state index in [9.17, 15) is 13.5 Å². The minimum Gasteiger partial charge on any atom is -0.506 e. The Labute approximate surface area is 146 Å². The van der Waals surface area contributed by atoms with Gasteiger partial charge >= 0.3 is 0 Å². The van der Waals surface area contributed by atoms with E-state index in [2.05, 4.69) is 31.9 Å². The van der Waals surface area contributed by atoms with Crippen LogP contribution in [0.15, 0.2) is 49.1 Å². The molecule has 1 aliphatic rings. The SMILES string of the molecule is O=S(=O)(c1cc(Br)c(O)c(Br)c1)c1ccc2c(c1)CCCC2. The summed E-state index contributed by atoms with van der Waals surface area (Å²) < 4.78 is 26.3.